The zero-order valence-electron chi connectivity index (χ0n) is 12.3. The second-order valence-corrected chi connectivity index (χ2v) is 6.38. The molecule has 20 heavy (non-hydrogen) atoms. The van der Waals surface area contributed by atoms with E-state index in [2.05, 4.69) is 79.2 Å². The zero-order chi connectivity index (χ0) is 14.2. The molecule has 1 N–H and O–H groups in total. The van der Waals surface area contributed by atoms with Crippen LogP contribution in [0.4, 0.5) is 0 Å². The third kappa shape index (κ3) is 4.69. The van der Waals surface area contributed by atoms with Crippen molar-refractivity contribution in [1.29, 1.82) is 0 Å². The SMILES string of the molecule is CSC(C)CNC(Cc1ccccc1)c1ccccc1. The Kier molecular flexibility index (Phi) is 6.16. The quantitative estimate of drug-likeness (QED) is 0.813. The highest BCUT2D eigenvalue weighted by atomic mass is 32.2. The molecule has 0 saturated heterocycles. The Morgan fingerprint density at radius 1 is 0.950 bits per heavy atom. The van der Waals surface area contributed by atoms with Crippen LogP contribution >= 0.6 is 11.8 Å². The van der Waals surface area contributed by atoms with Gasteiger partial charge in [0.05, 0.1) is 0 Å². The van der Waals surface area contributed by atoms with E-state index >= 15 is 0 Å². The maximum Gasteiger partial charge on any atom is 0.0361 e. The summed E-state index contributed by atoms with van der Waals surface area (Å²) in [7, 11) is 0. The summed E-state index contributed by atoms with van der Waals surface area (Å²) in [6.07, 6.45) is 3.20. The molecule has 0 heterocycles. The van der Waals surface area contributed by atoms with Gasteiger partial charge in [-0.15, -0.1) is 0 Å². The topological polar surface area (TPSA) is 12.0 Å². The fraction of sp³-hybridized carbons (Fsp3) is 0.333. The minimum atomic E-state index is 0.383. The van der Waals surface area contributed by atoms with Crippen LogP contribution in [0.2, 0.25) is 0 Å². The van der Waals surface area contributed by atoms with E-state index in [-0.39, 0.29) is 0 Å². The van der Waals surface area contributed by atoms with Gasteiger partial charge >= 0.3 is 0 Å². The largest absolute Gasteiger partial charge is 0.309 e. The van der Waals surface area contributed by atoms with Crippen LogP contribution in [0.1, 0.15) is 24.1 Å². The second-order valence-electron chi connectivity index (χ2n) is 5.11. The minimum Gasteiger partial charge on any atom is -0.309 e. The van der Waals surface area contributed by atoms with E-state index in [0.717, 1.165) is 13.0 Å². The first-order chi connectivity index (χ1) is 9.79. The second kappa shape index (κ2) is 8.13. The molecule has 0 aliphatic rings. The Morgan fingerprint density at radius 2 is 1.55 bits per heavy atom. The summed E-state index contributed by atoms with van der Waals surface area (Å²) in [5, 5.41) is 4.35. The van der Waals surface area contributed by atoms with E-state index in [0.29, 0.717) is 11.3 Å². The van der Waals surface area contributed by atoms with Gasteiger partial charge in [-0.3, -0.25) is 0 Å². The van der Waals surface area contributed by atoms with E-state index < -0.39 is 0 Å². The predicted molar refractivity (Wildman–Crippen MR) is 90.3 cm³/mol. The molecule has 2 aromatic rings. The molecule has 2 atom stereocenters. The van der Waals surface area contributed by atoms with E-state index in [1.54, 1.807) is 0 Å². The lowest BCUT2D eigenvalue weighted by molar-refractivity contribution is 0.533. The van der Waals surface area contributed by atoms with Crippen LogP contribution in [0.15, 0.2) is 60.7 Å². The van der Waals surface area contributed by atoms with Gasteiger partial charge in [0.25, 0.3) is 0 Å². The van der Waals surface area contributed by atoms with Gasteiger partial charge in [-0.05, 0) is 23.8 Å². The molecule has 0 aliphatic heterocycles. The first kappa shape index (κ1) is 15.1. The molecular weight excluding hydrogens is 262 g/mol. The highest BCUT2D eigenvalue weighted by Crippen LogP contribution is 2.19. The molecule has 2 unspecified atom stereocenters. The van der Waals surface area contributed by atoms with Crippen molar-refractivity contribution in [3.05, 3.63) is 71.8 Å². The lowest BCUT2D eigenvalue weighted by atomic mass is 9.99. The molecule has 106 valence electrons. The smallest absolute Gasteiger partial charge is 0.0361 e. The van der Waals surface area contributed by atoms with Crippen LogP contribution in [-0.2, 0) is 6.42 Å². The van der Waals surface area contributed by atoms with E-state index in [9.17, 15) is 0 Å². The maximum absolute atomic E-state index is 3.71. The molecular formula is C18H23NS. The fourth-order valence-electron chi connectivity index (χ4n) is 2.23. The average molecular weight is 285 g/mol. The molecule has 0 spiro atoms. The van der Waals surface area contributed by atoms with E-state index in [1.807, 2.05) is 11.8 Å². The minimum absolute atomic E-state index is 0.383. The fourth-order valence-corrected chi connectivity index (χ4v) is 2.50. The molecule has 0 fully saturated rings. The van der Waals surface area contributed by atoms with Crippen LogP contribution in [-0.4, -0.2) is 18.1 Å². The molecule has 2 heteroatoms. The molecule has 1 nitrogen and oxygen atoms in total. The van der Waals surface area contributed by atoms with E-state index in [4.69, 9.17) is 0 Å². The lowest BCUT2D eigenvalue weighted by Crippen LogP contribution is -2.28. The molecule has 0 bridgehead atoms. The van der Waals surface area contributed by atoms with Crippen molar-refractivity contribution in [3.63, 3.8) is 0 Å². The summed E-state index contributed by atoms with van der Waals surface area (Å²) in [6.45, 7) is 3.30. The Bertz CT molecular complexity index is 483. The highest BCUT2D eigenvalue weighted by molar-refractivity contribution is 7.99. The summed E-state index contributed by atoms with van der Waals surface area (Å²) in [6, 6.07) is 21.8. The number of thioether (sulfide) groups is 1. The highest BCUT2D eigenvalue weighted by Gasteiger charge is 2.12. The Balaban J connectivity index is 2.08. The number of benzene rings is 2. The summed E-state index contributed by atoms with van der Waals surface area (Å²) >= 11 is 1.91. The Morgan fingerprint density at radius 3 is 2.15 bits per heavy atom. The normalized spacial score (nSPS) is 13.9. The zero-order valence-corrected chi connectivity index (χ0v) is 13.1. The lowest BCUT2D eigenvalue weighted by Gasteiger charge is -2.21. The molecule has 0 aliphatic carbocycles. The standard InChI is InChI=1S/C18H23NS/c1-15(20-2)14-19-18(17-11-7-4-8-12-17)13-16-9-5-3-6-10-16/h3-12,15,18-19H,13-14H2,1-2H3. The van der Waals surface area contributed by atoms with Gasteiger partial charge in [0, 0.05) is 17.8 Å². The summed E-state index contributed by atoms with van der Waals surface area (Å²) in [5.41, 5.74) is 2.75. The first-order valence-electron chi connectivity index (χ1n) is 7.14. The summed E-state index contributed by atoms with van der Waals surface area (Å²) in [5.74, 6) is 0. The van der Waals surface area contributed by atoms with E-state index in [1.165, 1.54) is 11.1 Å². The van der Waals surface area contributed by atoms with Crippen molar-refractivity contribution >= 4 is 11.8 Å². The number of hydrogen-bond donors (Lipinski definition) is 1. The third-order valence-electron chi connectivity index (χ3n) is 3.54. The number of hydrogen-bond acceptors (Lipinski definition) is 2. The van der Waals surface area contributed by atoms with Gasteiger partial charge in [-0.1, -0.05) is 67.6 Å². The predicted octanol–water partition coefficient (Wildman–Crippen LogP) is 4.31. The first-order valence-corrected chi connectivity index (χ1v) is 8.43. The Labute approximate surface area is 126 Å². The molecule has 2 aromatic carbocycles. The number of rotatable bonds is 7. The van der Waals surface area contributed by atoms with Crippen molar-refractivity contribution in [1.82, 2.24) is 5.32 Å². The maximum atomic E-state index is 3.71. The molecule has 2 rings (SSSR count). The van der Waals surface area contributed by atoms with Gasteiger partial charge in [-0.2, -0.15) is 11.8 Å². The van der Waals surface area contributed by atoms with Crippen LogP contribution in [0.3, 0.4) is 0 Å². The van der Waals surface area contributed by atoms with Crippen LogP contribution in [0.25, 0.3) is 0 Å². The van der Waals surface area contributed by atoms with Crippen molar-refractivity contribution in [2.75, 3.05) is 12.8 Å². The molecule has 0 saturated carbocycles. The van der Waals surface area contributed by atoms with Crippen LogP contribution in [0.5, 0.6) is 0 Å². The van der Waals surface area contributed by atoms with Crippen LogP contribution in [0, 0.1) is 0 Å². The van der Waals surface area contributed by atoms with Crippen molar-refractivity contribution in [2.24, 2.45) is 0 Å². The van der Waals surface area contributed by atoms with Crippen LogP contribution < -0.4 is 5.32 Å². The van der Waals surface area contributed by atoms with Gasteiger partial charge in [0.15, 0.2) is 0 Å². The average Bonchev–Trinajstić information content (AvgIpc) is 2.53. The Hall–Kier alpha value is -1.25. The van der Waals surface area contributed by atoms with Gasteiger partial charge < -0.3 is 5.32 Å². The third-order valence-corrected chi connectivity index (χ3v) is 4.51. The molecule has 0 radical (unpaired) electrons. The van der Waals surface area contributed by atoms with Crippen molar-refractivity contribution in [3.8, 4) is 0 Å². The molecule has 0 aromatic heterocycles. The van der Waals surface area contributed by atoms with Crippen molar-refractivity contribution < 1.29 is 0 Å². The monoisotopic (exact) mass is 285 g/mol. The van der Waals surface area contributed by atoms with Crippen molar-refractivity contribution in [2.45, 2.75) is 24.6 Å². The summed E-state index contributed by atoms with van der Waals surface area (Å²) < 4.78 is 0. The van der Waals surface area contributed by atoms with Gasteiger partial charge in [-0.25, -0.2) is 0 Å². The summed E-state index contributed by atoms with van der Waals surface area (Å²) in [4.78, 5) is 0. The van der Waals surface area contributed by atoms with Gasteiger partial charge in [0.1, 0.15) is 0 Å². The van der Waals surface area contributed by atoms with Gasteiger partial charge in [0.2, 0.25) is 0 Å². The number of nitrogens with one attached hydrogen (secondary N) is 1. The molecule has 0 amide bonds.